The van der Waals surface area contributed by atoms with Crippen LogP contribution >= 0.6 is 0 Å². The fourth-order valence-corrected chi connectivity index (χ4v) is 3.74. The molecule has 0 aromatic heterocycles. The van der Waals surface area contributed by atoms with Crippen molar-refractivity contribution >= 4 is 12.0 Å². The average Bonchev–Trinajstić information content (AvgIpc) is 2.54. The molecule has 2 amide bonds. The summed E-state index contributed by atoms with van der Waals surface area (Å²) < 4.78 is 0. The fourth-order valence-electron chi connectivity index (χ4n) is 3.74. The summed E-state index contributed by atoms with van der Waals surface area (Å²) in [5.74, 6) is 0.0467. The predicted octanol–water partition coefficient (Wildman–Crippen LogP) is 4.20. The second kappa shape index (κ2) is 7.89. The molecule has 5 nitrogen and oxygen atoms in total. The zero-order valence-electron chi connectivity index (χ0n) is 15.7. The fraction of sp³-hybridized carbons (Fsp3) is 0.600. The van der Waals surface area contributed by atoms with E-state index in [0.717, 1.165) is 31.2 Å². The van der Waals surface area contributed by atoms with Gasteiger partial charge in [-0.15, -0.1) is 0 Å². The smallest absolute Gasteiger partial charge is 0.407 e. The number of carbonyl (C=O) groups is 2. The molecule has 25 heavy (non-hydrogen) atoms. The van der Waals surface area contributed by atoms with Crippen LogP contribution in [0.5, 0.6) is 0 Å². The Morgan fingerprint density at radius 3 is 2.16 bits per heavy atom. The number of amides is 2. The largest absolute Gasteiger partial charge is 0.465 e. The third kappa shape index (κ3) is 4.97. The number of hydrogen-bond donors (Lipinski definition) is 2. The van der Waals surface area contributed by atoms with Crippen molar-refractivity contribution in [3.63, 3.8) is 0 Å². The van der Waals surface area contributed by atoms with E-state index >= 15 is 0 Å². The summed E-state index contributed by atoms with van der Waals surface area (Å²) in [5, 5.41) is 12.6. The molecule has 1 aromatic carbocycles. The second-order valence-corrected chi connectivity index (χ2v) is 7.97. The summed E-state index contributed by atoms with van der Waals surface area (Å²) in [4.78, 5) is 25.7. The van der Waals surface area contributed by atoms with Gasteiger partial charge in [0.25, 0.3) is 0 Å². The van der Waals surface area contributed by atoms with E-state index in [9.17, 15) is 14.7 Å². The molecule has 2 N–H and O–H groups in total. The van der Waals surface area contributed by atoms with Gasteiger partial charge in [0.05, 0.1) is 6.04 Å². The van der Waals surface area contributed by atoms with Gasteiger partial charge in [0.2, 0.25) is 5.91 Å². The molecule has 1 saturated carbocycles. The van der Waals surface area contributed by atoms with Gasteiger partial charge in [-0.2, -0.15) is 0 Å². The lowest BCUT2D eigenvalue weighted by Crippen LogP contribution is -2.52. The number of rotatable bonds is 4. The maximum atomic E-state index is 12.5. The van der Waals surface area contributed by atoms with Crippen molar-refractivity contribution in [2.45, 2.75) is 71.0 Å². The number of carbonyl (C=O) groups excluding carboxylic acids is 1. The maximum Gasteiger partial charge on any atom is 0.407 e. The lowest BCUT2D eigenvalue weighted by atomic mass is 9.83. The van der Waals surface area contributed by atoms with Crippen molar-refractivity contribution in [3.05, 3.63) is 35.9 Å². The third-order valence-corrected chi connectivity index (χ3v) is 5.02. The van der Waals surface area contributed by atoms with Gasteiger partial charge in [-0.3, -0.25) is 4.79 Å². The van der Waals surface area contributed by atoms with Gasteiger partial charge in [0.1, 0.15) is 0 Å². The second-order valence-electron chi connectivity index (χ2n) is 7.97. The van der Waals surface area contributed by atoms with E-state index < -0.39 is 11.6 Å². The van der Waals surface area contributed by atoms with E-state index in [4.69, 9.17) is 0 Å². The monoisotopic (exact) mass is 346 g/mol. The zero-order valence-corrected chi connectivity index (χ0v) is 15.7. The Morgan fingerprint density at radius 1 is 1.12 bits per heavy atom. The molecule has 0 aliphatic heterocycles. The molecule has 0 radical (unpaired) electrons. The van der Waals surface area contributed by atoms with E-state index in [1.54, 1.807) is 4.90 Å². The molecule has 1 atom stereocenters. The van der Waals surface area contributed by atoms with E-state index in [0.29, 0.717) is 0 Å². The summed E-state index contributed by atoms with van der Waals surface area (Å²) in [5.41, 5.74) is 0.669. The Kier molecular flexibility index (Phi) is 6.09. The van der Waals surface area contributed by atoms with E-state index in [1.807, 2.05) is 58.0 Å². The van der Waals surface area contributed by atoms with Crippen LogP contribution in [0.15, 0.2) is 30.3 Å². The van der Waals surface area contributed by atoms with Gasteiger partial charge < -0.3 is 15.3 Å². The van der Waals surface area contributed by atoms with Crippen LogP contribution in [0.25, 0.3) is 0 Å². The van der Waals surface area contributed by atoms with Crippen LogP contribution in [0, 0.1) is 5.92 Å². The minimum absolute atomic E-state index is 0.00639. The Bertz CT molecular complexity index is 587. The van der Waals surface area contributed by atoms with Crippen LogP contribution in [-0.2, 0) is 4.79 Å². The van der Waals surface area contributed by atoms with Gasteiger partial charge in [0.15, 0.2) is 0 Å². The molecule has 5 heteroatoms. The molecule has 1 aliphatic rings. The standard InChI is InChI=1S/C20H30N2O3/c1-14(15-8-6-5-7-9-15)21-18(23)16-10-12-17(13-11-16)22(19(24)25)20(2,3)4/h5-9,14,16-17H,10-13H2,1-4H3,(H,21,23)(H,24,25)/t14-,16?,17?/m1/s1. The van der Waals surface area contributed by atoms with Crippen LogP contribution < -0.4 is 5.32 Å². The lowest BCUT2D eigenvalue weighted by molar-refractivity contribution is -0.127. The van der Waals surface area contributed by atoms with Crippen molar-refractivity contribution in [3.8, 4) is 0 Å². The average molecular weight is 346 g/mol. The van der Waals surface area contributed by atoms with Crippen molar-refractivity contribution in [2.75, 3.05) is 0 Å². The minimum atomic E-state index is -0.877. The lowest BCUT2D eigenvalue weighted by Gasteiger charge is -2.42. The Morgan fingerprint density at radius 2 is 1.68 bits per heavy atom. The Hall–Kier alpha value is -2.04. The van der Waals surface area contributed by atoms with Gasteiger partial charge in [0, 0.05) is 17.5 Å². The minimum Gasteiger partial charge on any atom is -0.465 e. The van der Waals surface area contributed by atoms with E-state index in [-0.39, 0.29) is 23.9 Å². The number of carboxylic acid groups (broad SMARTS) is 1. The van der Waals surface area contributed by atoms with Crippen LogP contribution in [0.1, 0.15) is 65.0 Å². The first kappa shape index (κ1) is 19.3. The molecule has 0 saturated heterocycles. The summed E-state index contributed by atoms with van der Waals surface area (Å²) in [6.45, 7) is 7.75. The predicted molar refractivity (Wildman–Crippen MR) is 98.4 cm³/mol. The third-order valence-electron chi connectivity index (χ3n) is 5.02. The zero-order chi connectivity index (χ0) is 18.6. The number of nitrogens with one attached hydrogen (secondary N) is 1. The van der Waals surface area contributed by atoms with Gasteiger partial charge in [-0.05, 0) is 58.9 Å². The summed E-state index contributed by atoms with van der Waals surface area (Å²) >= 11 is 0. The van der Waals surface area contributed by atoms with Crippen molar-refractivity contribution in [1.82, 2.24) is 10.2 Å². The van der Waals surface area contributed by atoms with Gasteiger partial charge in [-0.25, -0.2) is 4.79 Å². The quantitative estimate of drug-likeness (QED) is 0.858. The molecule has 2 rings (SSSR count). The van der Waals surface area contributed by atoms with Crippen LogP contribution in [-0.4, -0.2) is 33.6 Å². The first-order chi connectivity index (χ1) is 11.7. The van der Waals surface area contributed by atoms with E-state index in [2.05, 4.69) is 5.32 Å². The van der Waals surface area contributed by atoms with Crippen LogP contribution in [0.3, 0.4) is 0 Å². The first-order valence-corrected chi connectivity index (χ1v) is 9.07. The molecule has 0 bridgehead atoms. The summed E-state index contributed by atoms with van der Waals surface area (Å²) in [6.07, 6.45) is 2.07. The van der Waals surface area contributed by atoms with Crippen molar-refractivity contribution in [2.24, 2.45) is 5.92 Å². The van der Waals surface area contributed by atoms with E-state index in [1.165, 1.54) is 0 Å². The molecule has 0 spiro atoms. The number of benzene rings is 1. The highest BCUT2D eigenvalue weighted by Crippen LogP contribution is 2.32. The van der Waals surface area contributed by atoms with Gasteiger partial charge >= 0.3 is 6.09 Å². The molecule has 0 unspecified atom stereocenters. The molecule has 0 heterocycles. The topological polar surface area (TPSA) is 69.6 Å². The Balaban J connectivity index is 1.91. The summed E-state index contributed by atoms with van der Waals surface area (Å²) in [7, 11) is 0. The van der Waals surface area contributed by atoms with Crippen molar-refractivity contribution < 1.29 is 14.7 Å². The number of nitrogens with zero attached hydrogens (tertiary/aromatic N) is 1. The molecule has 1 fully saturated rings. The molecule has 138 valence electrons. The SMILES string of the molecule is C[C@@H](NC(=O)C1CCC(N(C(=O)O)C(C)(C)C)CC1)c1ccccc1. The first-order valence-electron chi connectivity index (χ1n) is 9.07. The van der Waals surface area contributed by atoms with Crippen LogP contribution in [0.2, 0.25) is 0 Å². The maximum absolute atomic E-state index is 12.5. The molecule has 1 aromatic rings. The van der Waals surface area contributed by atoms with Gasteiger partial charge in [-0.1, -0.05) is 30.3 Å². The summed E-state index contributed by atoms with van der Waals surface area (Å²) in [6, 6.07) is 9.89. The highest BCUT2D eigenvalue weighted by Gasteiger charge is 2.37. The highest BCUT2D eigenvalue weighted by atomic mass is 16.4. The normalized spacial score (nSPS) is 22.1. The molecular weight excluding hydrogens is 316 g/mol. The number of hydrogen-bond acceptors (Lipinski definition) is 2. The highest BCUT2D eigenvalue weighted by molar-refractivity contribution is 5.79. The van der Waals surface area contributed by atoms with Crippen molar-refractivity contribution in [1.29, 1.82) is 0 Å². The van der Waals surface area contributed by atoms with Crippen LogP contribution in [0.4, 0.5) is 4.79 Å². The Labute approximate surface area is 150 Å². The molecular formula is C20H30N2O3. The molecule has 1 aliphatic carbocycles.